The van der Waals surface area contributed by atoms with Crippen molar-refractivity contribution in [3.05, 3.63) is 12.3 Å². The zero-order valence-electron chi connectivity index (χ0n) is 6.83. The molecule has 0 amide bonds. The Hall–Kier alpha value is -0.760. The molecule has 0 fully saturated rings. The molecule has 0 saturated heterocycles. The van der Waals surface area contributed by atoms with Crippen molar-refractivity contribution in [1.82, 2.24) is 9.78 Å². The van der Waals surface area contributed by atoms with Gasteiger partial charge in [-0.1, -0.05) is 0 Å². The molecule has 0 aromatic carbocycles. The summed E-state index contributed by atoms with van der Waals surface area (Å²) >= 11 is 0. The standard InChI is InChI=1S/C6H11N3O3S/c7-13(12)6-1-2-9(8-6)5(3-10)4-11/h1-2,5,10-11H,3-4,7H2. The van der Waals surface area contributed by atoms with E-state index in [2.05, 4.69) is 5.10 Å². The van der Waals surface area contributed by atoms with Crippen LogP contribution >= 0.6 is 0 Å². The number of rotatable bonds is 4. The summed E-state index contributed by atoms with van der Waals surface area (Å²) in [5, 5.41) is 26.7. The minimum atomic E-state index is -1.62. The molecule has 1 heterocycles. The van der Waals surface area contributed by atoms with Crippen molar-refractivity contribution >= 4 is 11.0 Å². The number of aliphatic hydroxyl groups excluding tert-OH is 2. The largest absolute Gasteiger partial charge is 0.394 e. The molecule has 1 unspecified atom stereocenters. The van der Waals surface area contributed by atoms with Gasteiger partial charge in [0.1, 0.15) is 11.0 Å². The molecule has 1 atom stereocenters. The third kappa shape index (κ3) is 2.34. The molecule has 74 valence electrons. The van der Waals surface area contributed by atoms with E-state index in [-0.39, 0.29) is 18.2 Å². The van der Waals surface area contributed by atoms with E-state index < -0.39 is 17.0 Å². The summed E-state index contributed by atoms with van der Waals surface area (Å²) in [5.74, 6) is 0. The molecule has 1 aromatic rings. The average molecular weight is 205 g/mol. The van der Waals surface area contributed by atoms with E-state index in [1.807, 2.05) is 0 Å². The topological polar surface area (TPSA) is 101 Å². The van der Waals surface area contributed by atoms with Gasteiger partial charge in [0.05, 0.1) is 19.3 Å². The Labute approximate surface area is 77.6 Å². The van der Waals surface area contributed by atoms with Gasteiger partial charge < -0.3 is 10.2 Å². The fourth-order valence-corrected chi connectivity index (χ4v) is 1.23. The van der Waals surface area contributed by atoms with Crippen molar-refractivity contribution in [2.45, 2.75) is 11.1 Å². The molecular formula is C6H11N3O3S. The van der Waals surface area contributed by atoms with Crippen LogP contribution in [0.25, 0.3) is 0 Å². The van der Waals surface area contributed by atoms with Crippen molar-refractivity contribution in [3.8, 4) is 0 Å². The molecule has 0 radical (unpaired) electrons. The molecule has 4 N–H and O–H groups in total. The monoisotopic (exact) mass is 205 g/mol. The molecule has 13 heavy (non-hydrogen) atoms. The van der Waals surface area contributed by atoms with Crippen LogP contribution in [0.2, 0.25) is 0 Å². The first kappa shape index (κ1) is 10.3. The normalized spacial score (nSPS) is 13.5. The van der Waals surface area contributed by atoms with E-state index in [0.717, 1.165) is 0 Å². The van der Waals surface area contributed by atoms with Crippen LogP contribution in [0.4, 0.5) is 0 Å². The summed E-state index contributed by atoms with van der Waals surface area (Å²) in [6, 6.07) is 0.978. The highest BCUT2D eigenvalue weighted by Crippen LogP contribution is 2.06. The Kier molecular flexibility index (Phi) is 3.55. The summed E-state index contributed by atoms with van der Waals surface area (Å²) < 4.78 is 12.1. The Bertz CT molecular complexity index is 297. The number of nitrogens with two attached hydrogens (primary N) is 1. The third-order valence-electron chi connectivity index (χ3n) is 1.59. The lowest BCUT2D eigenvalue weighted by Crippen LogP contribution is -2.18. The van der Waals surface area contributed by atoms with Gasteiger partial charge >= 0.3 is 0 Å². The molecule has 0 aliphatic heterocycles. The van der Waals surface area contributed by atoms with Gasteiger partial charge in [-0.2, -0.15) is 5.10 Å². The number of aliphatic hydroxyl groups is 2. The summed E-state index contributed by atoms with van der Waals surface area (Å²) in [6.07, 6.45) is 1.51. The second-order valence-corrected chi connectivity index (χ2v) is 3.46. The Balaban J connectivity index is 2.84. The zero-order chi connectivity index (χ0) is 9.84. The van der Waals surface area contributed by atoms with Gasteiger partial charge in [-0.05, 0) is 6.07 Å². The van der Waals surface area contributed by atoms with Crippen molar-refractivity contribution < 1.29 is 14.4 Å². The minimum Gasteiger partial charge on any atom is -0.394 e. The summed E-state index contributed by atoms with van der Waals surface area (Å²) in [5.41, 5.74) is 0. The first-order chi connectivity index (χ1) is 6.19. The Morgan fingerprint density at radius 3 is 2.62 bits per heavy atom. The van der Waals surface area contributed by atoms with E-state index in [4.69, 9.17) is 15.4 Å². The van der Waals surface area contributed by atoms with Gasteiger partial charge in [-0.15, -0.1) is 0 Å². The van der Waals surface area contributed by atoms with E-state index in [0.29, 0.717) is 0 Å². The summed E-state index contributed by atoms with van der Waals surface area (Å²) in [4.78, 5) is 0. The number of aromatic nitrogens is 2. The predicted molar refractivity (Wildman–Crippen MR) is 46.0 cm³/mol. The van der Waals surface area contributed by atoms with Gasteiger partial charge in [0, 0.05) is 6.20 Å². The summed E-state index contributed by atoms with van der Waals surface area (Å²) in [6.45, 7) is -0.455. The quantitative estimate of drug-likeness (QED) is 0.550. The highest BCUT2D eigenvalue weighted by molar-refractivity contribution is 7.82. The predicted octanol–water partition coefficient (Wildman–Crippen LogP) is -1.61. The van der Waals surface area contributed by atoms with E-state index >= 15 is 0 Å². The third-order valence-corrected chi connectivity index (χ3v) is 2.22. The lowest BCUT2D eigenvalue weighted by Gasteiger charge is -2.10. The molecule has 0 aliphatic carbocycles. The van der Waals surface area contributed by atoms with Crippen LogP contribution in [0.3, 0.4) is 0 Å². The zero-order valence-corrected chi connectivity index (χ0v) is 7.65. The van der Waals surface area contributed by atoms with E-state index in [1.165, 1.54) is 16.9 Å². The maximum atomic E-state index is 10.7. The fourth-order valence-electron chi connectivity index (χ4n) is 0.856. The second-order valence-electron chi connectivity index (χ2n) is 2.45. The van der Waals surface area contributed by atoms with Gasteiger partial charge in [-0.25, -0.2) is 9.35 Å². The van der Waals surface area contributed by atoms with Crippen molar-refractivity contribution in [1.29, 1.82) is 0 Å². The SMILES string of the molecule is NS(=O)c1ccn(C(CO)CO)n1. The van der Waals surface area contributed by atoms with Crippen LogP contribution in [-0.4, -0.2) is 37.4 Å². The smallest absolute Gasteiger partial charge is 0.164 e. The van der Waals surface area contributed by atoms with Gasteiger partial charge in [-0.3, -0.25) is 4.68 Å². The molecule has 7 heteroatoms. The van der Waals surface area contributed by atoms with E-state index in [1.54, 1.807) is 0 Å². The van der Waals surface area contributed by atoms with Gasteiger partial charge in [0.25, 0.3) is 0 Å². The molecule has 6 nitrogen and oxygen atoms in total. The number of nitrogens with zero attached hydrogens (tertiary/aromatic N) is 2. The first-order valence-corrected chi connectivity index (χ1v) is 4.83. The van der Waals surface area contributed by atoms with Crippen molar-refractivity contribution in [3.63, 3.8) is 0 Å². The first-order valence-electron chi connectivity index (χ1n) is 3.62. The lowest BCUT2D eigenvalue weighted by molar-refractivity contribution is 0.145. The molecule has 1 rings (SSSR count). The molecule has 0 saturated carbocycles. The maximum absolute atomic E-state index is 10.7. The highest BCUT2D eigenvalue weighted by atomic mass is 32.2. The molecular weight excluding hydrogens is 194 g/mol. The highest BCUT2D eigenvalue weighted by Gasteiger charge is 2.10. The molecule has 0 aliphatic rings. The van der Waals surface area contributed by atoms with Crippen molar-refractivity contribution in [2.24, 2.45) is 5.14 Å². The van der Waals surface area contributed by atoms with Crippen LogP contribution in [0.1, 0.15) is 6.04 Å². The summed E-state index contributed by atoms with van der Waals surface area (Å²) in [7, 11) is -1.62. The Morgan fingerprint density at radius 2 is 2.23 bits per heavy atom. The van der Waals surface area contributed by atoms with Gasteiger partial charge in [0.15, 0.2) is 5.03 Å². The number of hydrogen-bond acceptors (Lipinski definition) is 4. The molecule has 0 spiro atoms. The van der Waals surface area contributed by atoms with Crippen LogP contribution in [-0.2, 0) is 11.0 Å². The maximum Gasteiger partial charge on any atom is 0.164 e. The Morgan fingerprint density at radius 1 is 1.62 bits per heavy atom. The number of hydrogen-bond donors (Lipinski definition) is 3. The van der Waals surface area contributed by atoms with Crippen LogP contribution < -0.4 is 5.14 Å². The lowest BCUT2D eigenvalue weighted by atomic mass is 10.3. The fraction of sp³-hybridized carbons (Fsp3) is 0.500. The van der Waals surface area contributed by atoms with Gasteiger partial charge in [0.2, 0.25) is 0 Å². The molecule has 1 aromatic heterocycles. The average Bonchev–Trinajstić information content (AvgIpc) is 2.56. The second kappa shape index (κ2) is 4.47. The van der Waals surface area contributed by atoms with Crippen LogP contribution in [0, 0.1) is 0 Å². The van der Waals surface area contributed by atoms with Crippen molar-refractivity contribution in [2.75, 3.05) is 13.2 Å². The minimum absolute atomic E-state index is 0.227. The van der Waals surface area contributed by atoms with Crippen LogP contribution in [0.15, 0.2) is 17.3 Å². The van der Waals surface area contributed by atoms with Crippen LogP contribution in [0.5, 0.6) is 0 Å². The molecule has 0 bridgehead atoms. The van der Waals surface area contributed by atoms with E-state index in [9.17, 15) is 4.21 Å².